The van der Waals surface area contributed by atoms with Crippen molar-refractivity contribution in [3.63, 3.8) is 0 Å². The highest BCUT2D eigenvalue weighted by Crippen LogP contribution is 2.67. The summed E-state index contributed by atoms with van der Waals surface area (Å²) in [6.07, 6.45) is 1.13. The van der Waals surface area contributed by atoms with Crippen molar-refractivity contribution in [1.82, 2.24) is 4.57 Å². The van der Waals surface area contributed by atoms with Crippen LogP contribution in [0, 0.1) is 18.3 Å². The van der Waals surface area contributed by atoms with Crippen LogP contribution in [0.3, 0.4) is 0 Å². The molecule has 0 spiro atoms. The quantitative estimate of drug-likeness (QED) is 0.745. The van der Waals surface area contributed by atoms with Gasteiger partial charge in [-0.05, 0) is 48.1 Å². The Morgan fingerprint density at radius 1 is 1.09 bits per heavy atom. The molecule has 2 aromatic carbocycles. The predicted molar refractivity (Wildman–Crippen MR) is 98.8 cm³/mol. The van der Waals surface area contributed by atoms with Gasteiger partial charge in [0, 0.05) is 23.5 Å². The Morgan fingerprint density at radius 3 is 2.57 bits per heavy atom. The van der Waals surface area contributed by atoms with Gasteiger partial charge in [-0.1, -0.05) is 50.2 Å². The molecule has 0 radical (unpaired) electrons. The molecule has 0 aliphatic heterocycles. The number of rotatable bonds is 3. The molecule has 1 fully saturated rings. The summed E-state index contributed by atoms with van der Waals surface area (Å²) in [7, 11) is 2.21. The van der Waals surface area contributed by atoms with Gasteiger partial charge in [0.25, 0.3) is 0 Å². The van der Waals surface area contributed by atoms with Gasteiger partial charge in [-0.25, -0.2) is 0 Å². The summed E-state index contributed by atoms with van der Waals surface area (Å²) >= 11 is 0. The number of aromatic nitrogens is 1. The number of nitrogens with zero attached hydrogens (tertiary/aromatic N) is 1. The van der Waals surface area contributed by atoms with Crippen molar-refractivity contribution < 1.29 is 0 Å². The van der Waals surface area contributed by atoms with E-state index in [1.165, 1.54) is 27.4 Å². The fraction of sp³-hybridized carbons (Fsp3) is 0.429. The topological polar surface area (TPSA) is 30.9 Å². The summed E-state index contributed by atoms with van der Waals surface area (Å²) < 4.78 is 2.39. The molecule has 1 aliphatic rings. The highest BCUT2D eigenvalue weighted by Gasteiger charge is 2.58. The molecular formula is C21H26N2. The van der Waals surface area contributed by atoms with Gasteiger partial charge in [0.15, 0.2) is 0 Å². The second-order valence-electron chi connectivity index (χ2n) is 7.72. The molecule has 1 saturated carbocycles. The minimum absolute atomic E-state index is 0.365. The number of aryl methyl sites for hydroxylation is 1. The lowest BCUT2D eigenvalue weighted by Crippen LogP contribution is -2.02. The minimum atomic E-state index is 0.365. The molecular weight excluding hydrogens is 280 g/mol. The van der Waals surface area contributed by atoms with Crippen molar-refractivity contribution >= 4 is 21.7 Å². The number of benzene rings is 2. The second kappa shape index (κ2) is 4.85. The van der Waals surface area contributed by atoms with Gasteiger partial charge in [0.1, 0.15) is 0 Å². The average molecular weight is 306 g/mol. The fourth-order valence-corrected chi connectivity index (χ4v) is 4.81. The maximum atomic E-state index is 5.86. The van der Waals surface area contributed by atoms with E-state index < -0.39 is 0 Å². The average Bonchev–Trinajstić information content (AvgIpc) is 2.96. The molecule has 1 heterocycles. The van der Waals surface area contributed by atoms with Gasteiger partial charge in [0.05, 0.1) is 5.52 Å². The molecule has 4 rings (SSSR count). The third-order valence-corrected chi connectivity index (χ3v) is 6.26. The molecule has 0 amide bonds. The molecule has 2 unspecified atom stereocenters. The zero-order valence-electron chi connectivity index (χ0n) is 14.6. The Morgan fingerprint density at radius 2 is 1.83 bits per heavy atom. The number of hydrogen-bond donors (Lipinski definition) is 1. The molecule has 2 heteroatoms. The summed E-state index contributed by atoms with van der Waals surface area (Å²) in [5.74, 6) is 1.35. The van der Waals surface area contributed by atoms with E-state index in [0.717, 1.165) is 13.0 Å². The van der Waals surface area contributed by atoms with E-state index >= 15 is 0 Å². The van der Waals surface area contributed by atoms with Gasteiger partial charge < -0.3 is 10.3 Å². The first kappa shape index (κ1) is 14.8. The molecule has 120 valence electrons. The van der Waals surface area contributed by atoms with E-state index in [1.807, 2.05) is 0 Å². The predicted octanol–water partition coefficient (Wildman–Crippen LogP) is 4.73. The fourth-order valence-electron chi connectivity index (χ4n) is 4.81. The van der Waals surface area contributed by atoms with Crippen LogP contribution in [-0.4, -0.2) is 11.1 Å². The first-order valence-corrected chi connectivity index (χ1v) is 8.65. The number of hydrogen-bond acceptors (Lipinski definition) is 1. The van der Waals surface area contributed by atoms with E-state index in [9.17, 15) is 0 Å². The van der Waals surface area contributed by atoms with Crippen LogP contribution in [0.2, 0.25) is 0 Å². The summed E-state index contributed by atoms with van der Waals surface area (Å²) in [5, 5.41) is 4.11. The monoisotopic (exact) mass is 306 g/mol. The second-order valence-corrected chi connectivity index (χ2v) is 7.72. The molecule has 1 aliphatic carbocycles. The van der Waals surface area contributed by atoms with Crippen molar-refractivity contribution in [3.05, 3.63) is 47.7 Å². The van der Waals surface area contributed by atoms with Crippen LogP contribution < -0.4 is 5.73 Å². The largest absolute Gasteiger partial charge is 0.347 e. The van der Waals surface area contributed by atoms with E-state index in [1.54, 1.807) is 5.56 Å². The molecule has 2 atom stereocenters. The maximum Gasteiger partial charge on any atom is 0.0562 e. The van der Waals surface area contributed by atoms with Gasteiger partial charge in [-0.3, -0.25) is 0 Å². The standard InChI is InChI=1S/C21H26N2/c1-13-18(19-17(11-12-22)21(19,2)3)16-10-9-14-7-5-6-8-15(14)20(16)23(13)4/h5-10,17,19H,11-12,22H2,1-4H3. The van der Waals surface area contributed by atoms with E-state index in [4.69, 9.17) is 5.73 Å². The van der Waals surface area contributed by atoms with Crippen LogP contribution in [0.4, 0.5) is 0 Å². The number of fused-ring (bicyclic) bond motifs is 3. The van der Waals surface area contributed by atoms with Crippen LogP contribution in [0.25, 0.3) is 21.7 Å². The number of nitrogens with two attached hydrogens (primary N) is 1. The van der Waals surface area contributed by atoms with Crippen LogP contribution in [0.15, 0.2) is 36.4 Å². The lowest BCUT2D eigenvalue weighted by atomic mass is 9.98. The van der Waals surface area contributed by atoms with Gasteiger partial charge in [-0.15, -0.1) is 0 Å². The minimum Gasteiger partial charge on any atom is -0.347 e. The van der Waals surface area contributed by atoms with Gasteiger partial charge >= 0.3 is 0 Å². The zero-order valence-corrected chi connectivity index (χ0v) is 14.6. The first-order valence-electron chi connectivity index (χ1n) is 8.65. The van der Waals surface area contributed by atoms with Crippen molar-refractivity contribution in [2.75, 3.05) is 6.54 Å². The van der Waals surface area contributed by atoms with Crippen molar-refractivity contribution in [1.29, 1.82) is 0 Å². The lowest BCUT2D eigenvalue weighted by Gasteiger charge is -2.04. The normalized spacial score (nSPS) is 22.8. The Labute approximate surface area is 138 Å². The van der Waals surface area contributed by atoms with Crippen LogP contribution in [-0.2, 0) is 7.05 Å². The van der Waals surface area contributed by atoms with Crippen LogP contribution in [0.5, 0.6) is 0 Å². The summed E-state index contributed by atoms with van der Waals surface area (Å²) in [6.45, 7) is 7.87. The first-order chi connectivity index (χ1) is 11.0. The summed E-state index contributed by atoms with van der Waals surface area (Å²) in [5.41, 5.74) is 10.6. The molecule has 23 heavy (non-hydrogen) atoms. The molecule has 0 saturated heterocycles. The highest BCUT2D eigenvalue weighted by atomic mass is 15.0. The van der Waals surface area contributed by atoms with E-state index in [2.05, 4.69) is 68.8 Å². The van der Waals surface area contributed by atoms with E-state index in [0.29, 0.717) is 17.3 Å². The Bertz CT molecular complexity index is 901. The Hall–Kier alpha value is -1.80. The zero-order chi connectivity index (χ0) is 16.4. The molecule has 2 N–H and O–H groups in total. The maximum absolute atomic E-state index is 5.86. The van der Waals surface area contributed by atoms with Crippen molar-refractivity contribution in [2.45, 2.75) is 33.1 Å². The molecule has 2 nitrogen and oxygen atoms in total. The van der Waals surface area contributed by atoms with Crippen LogP contribution >= 0.6 is 0 Å². The van der Waals surface area contributed by atoms with E-state index in [-0.39, 0.29) is 0 Å². The molecule has 1 aromatic heterocycles. The van der Waals surface area contributed by atoms with Gasteiger partial charge in [0.2, 0.25) is 0 Å². The lowest BCUT2D eigenvalue weighted by molar-refractivity contribution is 0.534. The van der Waals surface area contributed by atoms with Crippen LogP contribution in [0.1, 0.15) is 37.4 Å². The third kappa shape index (κ3) is 1.91. The summed E-state index contributed by atoms with van der Waals surface area (Å²) in [6, 6.07) is 13.3. The highest BCUT2D eigenvalue weighted by molar-refractivity contribution is 6.07. The third-order valence-electron chi connectivity index (χ3n) is 6.26. The Balaban J connectivity index is 1.99. The van der Waals surface area contributed by atoms with Crippen molar-refractivity contribution in [2.24, 2.45) is 24.1 Å². The molecule has 3 aromatic rings. The van der Waals surface area contributed by atoms with Crippen molar-refractivity contribution in [3.8, 4) is 0 Å². The Kier molecular flexibility index (Phi) is 3.11. The summed E-state index contributed by atoms with van der Waals surface area (Å²) in [4.78, 5) is 0. The molecule has 0 bridgehead atoms. The SMILES string of the molecule is Cc1c(C2C(CCN)C2(C)C)c2ccc3ccccc3c2n1C. The smallest absolute Gasteiger partial charge is 0.0562 e. The van der Waals surface area contributed by atoms with Gasteiger partial charge in [-0.2, -0.15) is 0 Å².